The standard InChI is InChI=1S/C9H16ClNO5S/c1-8(2)6(14-9(3,4)15-8)7(10)11-16-17(5,12)13/h6H,1-5H3/b11-7-/t6-/m1/s1. The topological polar surface area (TPSA) is 74.2 Å². The summed E-state index contributed by atoms with van der Waals surface area (Å²) in [5.74, 6) is -0.811. The fraction of sp³-hybridized carbons (Fsp3) is 0.889. The van der Waals surface area contributed by atoms with Gasteiger partial charge in [-0.25, -0.2) is 0 Å². The van der Waals surface area contributed by atoms with Gasteiger partial charge < -0.3 is 9.47 Å². The number of ether oxygens (including phenoxy) is 2. The molecule has 0 bridgehead atoms. The van der Waals surface area contributed by atoms with E-state index in [1.807, 2.05) is 0 Å². The molecule has 6 nitrogen and oxygen atoms in total. The van der Waals surface area contributed by atoms with Gasteiger partial charge >= 0.3 is 10.1 Å². The molecule has 8 heteroatoms. The Morgan fingerprint density at radius 2 is 1.88 bits per heavy atom. The first-order valence-electron chi connectivity index (χ1n) is 4.93. The van der Waals surface area contributed by atoms with Crippen LogP contribution in [0.2, 0.25) is 0 Å². The van der Waals surface area contributed by atoms with Crippen molar-refractivity contribution in [2.75, 3.05) is 6.26 Å². The van der Waals surface area contributed by atoms with Crippen molar-refractivity contribution in [1.29, 1.82) is 0 Å². The predicted molar refractivity (Wildman–Crippen MR) is 63.3 cm³/mol. The Bertz CT molecular complexity index is 429. The third-order valence-corrected chi connectivity index (χ3v) is 2.63. The number of rotatable bonds is 3. The Morgan fingerprint density at radius 1 is 1.35 bits per heavy atom. The van der Waals surface area contributed by atoms with Gasteiger partial charge in [-0.2, -0.15) is 8.42 Å². The van der Waals surface area contributed by atoms with Gasteiger partial charge in [0.05, 0.1) is 11.9 Å². The Labute approximate surface area is 106 Å². The van der Waals surface area contributed by atoms with Crippen LogP contribution in [0, 0.1) is 0 Å². The molecule has 0 spiro atoms. The number of nitrogens with zero attached hydrogens (tertiary/aromatic N) is 1. The molecule has 0 aromatic rings. The molecule has 0 aromatic heterocycles. The molecule has 100 valence electrons. The van der Waals surface area contributed by atoms with Gasteiger partial charge in [-0.3, -0.25) is 4.28 Å². The van der Waals surface area contributed by atoms with E-state index in [9.17, 15) is 8.42 Å². The lowest BCUT2D eigenvalue weighted by Crippen LogP contribution is -2.37. The maximum absolute atomic E-state index is 10.8. The van der Waals surface area contributed by atoms with Crippen LogP contribution in [0.15, 0.2) is 5.16 Å². The largest absolute Gasteiger partial charge is 0.341 e. The van der Waals surface area contributed by atoms with Crippen LogP contribution in [0.25, 0.3) is 0 Å². The highest BCUT2D eigenvalue weighted by molar-refractivity contribution is 7.85. The quantitative estimate of drug-likeness (QED) is 0.579. The van der Waals surface area contributed by atoms with Gasteiger partial charge in [0.25, 0.3) is 0 Å². The second kappa shape index (κ2) is 4.38. The lowest BCUT2D eigenvalue weighted by molar-refractivity contribution is -0.155. The number of halogens is 1. The summed E-state index contributed by atoms with van der Waals surface area (Å²) >= 11 is 5.86. The van der Waals surface area contributed by atoms with Crippen molar-refractivity contribution in [3.63, 3.8) is 0 Å². The third-order valence-electron chi connectivity index (χ3n) is 2.02. The van der Waals surface area contributed by atoms with Gasteiger partial charge in [0.1, 0.15) is 6.10 Å². The van der Waals surface area contributed by atoms with Crippen molar-refractivity contribution < 1.29 is 22.2 Å². The van der Waals surface area contributed by atoms with Crippen LogP contribution < -0.4 is 0 Å². The van der Waals surface area contributed by atoms with Crippen molar-refractivity contribution in [3.8, 4) is 0 Å². The maximum Gasteiger partial charge on any atom is 0.325 e. The minimum atomic E-state index is -3.68. The van der Waals surface area contributed by atoms with Crippen molar-refractivity contribution in [3.05, 3.63) is 0 Å². The molecule has 1 atom stereocenters. The zero-order valence-electron chi connectivity index (χ0n) is 10.4. The first-order chi connectivity index (χ1) is 7.43. The van der Waals surface area contributed by atoms with Crippen LogP contribution in [-0.2, 0) is 23.9 Å². The van der Waals surface area contributed by atoms with Crippen LogP contribution in [0.5, 0.6) is 0 Å². The van der Waals surface area contributed by atoms with Crippen LogP contribution in [0.3, 0.4) is 0 Å². The Hall–Kier alpha value is -0.370. The molecule has 0 aliphatic carbocycles. The molecule has 1 aliphatic rings. The molecular weight excluding hydrogens is 270 g/mol. The maximum atomic E-state index is 10.8. The summed E-state index contributed by atoms with van der Waals surface area (Å²) in [6.45, 7) is 7.00. The van der Waals surface area contributed by atoms with Crippen molar-refractivity contribution in [2.45, 2.75) is 45.2 Å². The summed E-state index contributed by atoms with van der Waals surface area (Å²) in [7, 11) is -3.68. The van der Waals surface area contributed by atoms with Crippen LogP contribution >= 0.6 is 11.6 Å². The van der Waals surface area contributed by atoms with E-state index >= 15 is 0 Å². The van der Waals surface area contributed by atoms with Gasteiger partial charge in [0.15, 0.2) is 11.0 Å². The van der Waals surface area contributed by atoms with E-state index in [1.165, 1.54) is 0 Å². The normalized spacial score (nSPS) is 28.1. The van der Waals surface area contributed by atoms with Crippen molar-refractivity contribution in [1.82, 2.24) is 0 Å². The third kappa shape index (κ3) is 4.09. The van der Waals surface area contributed by atoms with Crippen molar-refractivity contribution in [2.24, 2.45) is 5.16 Å². The lowest BCUT2D eigenvalue weighted by Gasteiger charge is -2.22. The summed E-state index contributed by atoms with van der Waals surface area (Å²) in [6, 6.07) is 0. The first-order valence-corrected chi connectivity index (χ1v) is 7.12. The average molecular weight is 286 g/mol. The van der Waals surface area contributed by atoms with E-state index in [0.717, 1.165) is 6.26 Å². The zero-order valence-corrected chi connectivity index (χ0v) is 11.9. The molecule has 1 fully saturated rings. The molecule has 0 aromatic carbocycles. The fourth-order valence-corrected chi connectivity index (χ4v) is 2.22. The van der Waals surface area contributed by atoms with E-state index < -0.39 is 27.6 Å². The number of hydrogen-bond acceptors (Lipinski definition) is 6. The smallest absolute Gasteiger partial charge is 0.325 e. The minimum absolute atomic E-state index is 0.106. The van der Waals surface area contributed by atoms with E-state index in [4.69, 9.17) is 21.1 Å². The van der Waals surface area contributed by atoms with Gasteiger partial charge in [-0.05, 0) is 27.7 Å². The second-order valence-electron chi connectivity index (χ2n) is 4.80. The Balaban J connectivity index is 2.87. The van der Waals surface area contributed by atoms with Gasteiger partial charge in [0.2, 0.25) is 0 Å². The molecule has 1 heterocycles. The molecule has 1 aliphatic heterocycles. The highest BCUT2D eigenvalue weighted by atomic mass is 35.5. The minimum Gasteiger partial charge on any atom is -0.341 e. The Kier molecular flexibility index (Phi) is 3.79. The molecule has 0 unspecified atom stereocenters. The molecule has 0 saturated carbocycles. The number of hydrogen-bond donors (Lipinski definition) is 0. The molecule has 0 amide bonds. The molecule has 0 radical (unpaired) electrons. The van der Waals surface area contributed by atoms with Gasteiger partial charge in [-0.15, -0.1) is 0 Å². The first kappa shape index (κ1) is 14.7. The van der Waals surface area contributed by atoms with Gasteiger partial charge in [0, 0.05) is 0 Å². The Morgan fingerprint density at radius 3 is 2.24 bits per heavy atom. The second-order valence-corrected chi connectivity index (χ2v) is 6.74. The summed E-state index contributed by atoms with van der Waals surface area (Å²) in [4.78, 5) is 0. The zero-order chi connectivity index (χ0) is 13.5. The summed E-state index contributed by atoms with van der Waals surface area (Å²) in [5.41, 5.74) is -0.717. The SMILES string of the molecule is CC1(C)O[C@H](/C(Cl)=N/OS(C)(=O)=O)C(C)(C)O1. The molecule has 1 rings (SSSR count). The van der Waals surface area contributed by atoms with Crippen LogP contribution in [0.1, 0.15) is 27.7 Å². The summed E-state index contributed by atoms with van der Waals surface area (Å²) < 4.78 is 37.0. The average Bonchev–Trinajstić information content (AvgIpc) is 2.29. The molecule has 1 saturated heterocycles. The fourth-order valence-electron chi connectivity index (χ4n) is 1.62. The van der Waals surface area contributed by atoms with Crippen LogP contribution in [0.4, 0.5) is 0 Å². The number of oxime groups is 1. The highest BCUT2D eigenvalue weighted by Gasteiger charge is 2.49. The molecule has 0 N–H and O–H groups in total. The van der Waals surface area contributed by atoms with Crippen molar-refractivity contribution >= 4 is 26.9 Å². The molecular formula is C9H16ClNO5S. The monoisotopic (exact) mass is 285 g/mol. The molecule has 17 heavy (non-hydrogen) atoms. The van der Waals surface area contributed by atoms with E-state index in [1.54, 1.807) is 27.7 Å². The van der Waals surface area contributed by atoms with Gasteiger partial charge in [-0.1, -0.05) is 16.8 Å². The van der Waals surface area contributed by atoms with E-state index in [2.05, 4.69) is 9.44 Å². The van der Waals surface area contributed by atoms with E-state index in [0.29, 0.717) is 0 Å². The predicted octanol–water partition coefficient (Wildman–Crippen LogP) is 1.45. The van der Waals surface area contributed by atoms with E-state index in [-0.39, 0.29) is 5.17 Å². The summed E-state index contributed by atoms with van der Waals surface area (Å²) in [6.07, 6.45) is 0.197. The summed E-state index contributed by atoms with van der Waals surface area (Å²) in [5, 5.41) is 3.22. The lowest BCUT2D eigenvalue weighted by atomic mass is 10.0. The van der Waals surface area contributed by atoms with Crippen LogP contribution in [-0.4, -0.2) is 37.3 Å². The highest BCUT2D eigenvalue weighted by Crippen LogP contribution is 2.37.